The monoisotopic (exact) mass is 422 g/mol. The average Bonchev–Trinajstić information content (AvgIpc) is 3.15. The van der Waals surface area contributed by atoms with Crippen LogP contribution in [-0.4, -0.2) is 33.2 Å². The van der Waals surface area contributed by atoms with Crippen LogP contribution in [0.5, 0.6) is 0 Å². The summed E-state index contributed by atoms with van der Waals surface area (Å²) in [7, 11) is 0. The third-order valence-corrected chi connectivity index (χ3v) is 5.30. The van der Waals surface area contributed by atoms with E-state index in [1.165, 1.54) is 19.1 Å². The molecule has 1 atom stereocenters. The van der Waals surface area contributed by atoms with Crippen LogP contribution in [0.25, 0.3) is 22.4 Å². The van der Waals surface area contributed by atoms with Gasteiger partial charge in [-0.1, -0.05) is 6.92 Å². The quantitative estimate of drug-likeness (QED) is 0.632. The van der Waals surface area contributed by atoms with Gasteiger partial charge in [0.1, 0.15) is 23.6 Å². The number of fused-ring (bicyclic) bond motifs is 1. The third kappa shape index (κ3) is 3.86. The lowest BCUT2D eigenvalue weighted by atomic mass is 9.98. The number of carbonyl (C=O) groups excluding carboxylic acids is 2. The molecule has 2 amide bonds. The number of amides is 2. The molecule has 1 unspecified atom stereocenters. The largest absolute Gasteiger partial charge is 0.356 e. The molecule has 31 heavy (non-hydrogen) atoms. The molecule has 0 radical (unpaired) electrons. The van der Waals surface area contributed by atoms with Gasteiger partial charge in [-0.25, -0.2) is 19.0 Å². The second-order valence-corrected chi connectivity index (χ2v) is 7.35. The van der Waals surface area contributed by atoms with E-state index in [1.54, 1.807) is 31.3 Å². The first kappa shape index (κ1) is 20.9. The highest BCUT2D eigenvalue weighted by Gasteiger charge is 2.27. The van der Waals surface area contributed by atoms with E-state index in [0.29, 0.717) is 18.7 Å². The first-order valence-electron chi connectivity index (χ1n) is 10.2. The van der Waals surface area contributed by atoms with Gasteiger partial charge >= 0.3 is 0 Å². The van der Waals surface area contributed by atoms with Crippen molar-refractivity contribution < 1.29 is 18.7 Å². The summed E-state index contributed by atoms with van der Waals surface area (Å²) in [6.07, 6.45) is 2.17. The number of anilines is 1. The minimum Gasteiger partial charge on any atom is -0.356 e. The van der Waals surface area contributed by atoms with Gasteiger partial charge in [0.2, 0.25) is 11.8 Å². The summed E-state index contributed by atoms with van der Waals surface area (Å²) < 4.78 is 21.1. The lowest BCUT2D eigenvalue weighted by Crippen LogP contribution is -2.35. The molecular weight excluding hydrogens is 399 g/mol. The number of rotatable bonds is 4. The van der Waals surface area contributed by atoms with Gasteiger partial charge in [-0.3, -0.25) is 9.59 Å². The Labute approximate surface area is 179 Å². The van der Waals surface area contributed by atoms with Gasteiger partial charge in [0.25, 0.3) is 0 Å². The SMILES string of the molecule is CCC(=O)N(C(C)=O)c1cc(-c2c(-c3ccc(F)cc3)nn3c2CCOC3C)ccn1. The average molecular weight is 422 g/mol. The molecular formula is C23H23FN4O3. The summed E-state index contributed by atoms with van der Waals surface area (Å²) in [4.78, 5) is 29.8. The first-order valence-corrected chi connectivity index (χ1v) is 10.2. The van der Waals surface area contributed by atoms with Crippen LogP contribution in [-0.2, 0) is 20.7 Å². The maximum Gasteiger partial charge on any atom is 0.234 e. The summed E-state index contributed by atoms with van der Waals surface area (Å²) in [6.45, 7) is 5.51. The van der Waals surface area contributed by atoms with E-state index >= 15 is 0 Å². The number of ether oxygens (including phenoxy) is 1. The Morgan fingerprint density at radius 3 is 2.65 bits per heavy atom. The standard InChI is InChI=1S/C23H23FN4O3/c1-4-21(30)27(14(2)29)20-13-17(9-11-25-20)22-19-10-12-31-15(3)28(19)26-23(22)16-5-7-18(24)8-6-16/h5-9,11,13,15H,4,10,12H2,1-3H3. The number of imide groups is 1. The van der Waals surface area contributed by atoms with Gasteiger partial charge in [0.15, 0.2) is 0 Å². The van der Waals surface area contributed by atoms with Crippen LogP contribution >= 0.6 is 0 Å². The van der Waals surface area contributed by atoms with Crippen molar-refractivity contribution in [2.75, 3.05) is 11.5 Å². The molecule has 1 aliphatic heterocycles. The minimum absolute atomic E-state index is 0.185. The molecule has 3 heterocycles. The number of benzene rings is 1. The molecule has 2 aromatic heterocycles. The molecule has 8 heteroatoms. The lowest BCUT2D eigenvalue weighted by Gasteiger charge is -2.22. The van der Waals surface area contributed by atoms with E-state index < -0.39 is 5.91 Å². The Morgan fingerprint density at radius 1 is 1.23 bits per heavy atom. The molecule has 0 bridgehead atoms. The Balaban J connectivity index is 1.91. The number of nitrogens with zero attached hydrogens (tertiary/aromatic N) is 4. The molecule has 0 fully saturated rings. The molecule has 0 saturated heterocycles. The van der Waals surface area contributed by atoms with E-state index in [4.69, 9.17) is 9.84 Å². The van der Waals surface area contributed by atoms with Crippen LogP contribution in [0.2, 0.25) is 0 Å². The van der Waals surface area contributed by atoms with Crippen molar-refractivity contribution in [1.29, 1.82) is 0 Å². The molecule has 0 N–H and O–H groups in total. The second kappa shape index (κ2) is 8.39. The van der Waals surface area contributed by atoms with Crippen LogP contribution in [0.3, 0.4) is 0 Å². The van der Waals surface area contributed by atoms with Crippen molar-refractivity contribution in [2.24, 2.45) is 0 Å². The molecule has 0 aliphatic carbocycles. The molecule has 4 rings (SSSR count). The molecule has 1 aromatic carbocycles. The predicted molar refractivity (Wildman–Crippen MR) is 114 cm³/mol. The summed E-state index contributed by atoms with van der Waals surface area (Å²) >= 11 is 0. The van der Waals surface area contributed by atoms with Crippen LogP contribution in [0, 0.1) is 5.82 Å². The van der Waals surface area contributed by atoms with E-state index in [-0.39, 0.29) is 30.2 Å². The van der Waals surface area contributed by atoms with E-state index in [1.807, 2.05) is 17.7 Å². The normalized spacial score (nSPS) is 15.4. The Hall–Kier alpha value is -3.39. The first-order chi connectivity index (χ1) is 14.9. The number of aromatic nitrogens is 3. The van der Waals surface area contributed by atoms with Crippen LogP contribution in [0.4, 0.5) is 10.2 Å². The molecule has 1 aliphatic rings. The van der Waals surface area contributed by atoms with Crippen LogP contribution < -0.4 is 4.90 Å². The maximum absolute atomic E-state index is 13.5. The Morgan fingerprint density at radius 2 is 1.97 bits per heavy atom. The highest BCUT2D eigenvalue weighted by atomic mass is 19.1. The molecule has 7 nitrogen and oxygen atoms in total. The fraction of sp³-hybridized carbons (Fsp3) is 0.304. The summed E-state index contributed by atoms with van der Waals surface area (Å²) in [6, 6.07) is 9.70. The summed E-state index contributed by atoms with van der Waals surface area (Å²) in [5, 5.41) is 4.77. The topological polar surface area (TPSA) is 77.3 Å². The van der Waals surface area contributed by atoms with Gasteiger partial charge in [-0.05, 0) is 48.9 Å². The maximum atomic E-state index is 13.5. The van der Waals surface area contributed by atoms with Crippen molar-refractivity contribution >= 4 is 17.6 Å². The fourth-order valence-corrected chi connectivity index (χ4v) is 3.84. The van der Waals surface area contributed by atoms with Gasteiger partial charge in [-0.15, -0.1) is 0 Å². The highest BCUT2D eigenvalue weighted by molar-refractivity contribution is 6.13. The zero-order chi connectivity index (χ0) is 22.1. The van der Waals surface area contributed by atoms with Crippen molar-refractivity contribution in [1.82, 2.24) is 14.8 Å². The van der Waals surface area contributed by atoms with Crippen LogP contribution in [0.15, 0.2) is 42.6 Å². The number of carbonyl (C=O) groups is 2. The van der Waals surface area contributed by atoms with E-state index in [0.717, 1.165) is 27.3 Å². The second-order valence-electron chi connectivity index (χ2n) is 7.35. The number of halogens is 1. The third-order valence-electron chi connectivity index (χ3n) is 5.30. The Bertz CT molecular complexity index is 1140. The van der Waals surface area contributed by atoms with Crippen LogP contribution in [0.1, 0.15) is 39.1 Å². The van der Waals surface area contributed by atoms with Gasteiger partial charge in [0, 0.05) is 37.1 Å². The van der Waals surface area contributed by atoms with Gasteiger partial charge < -0.3 is 4.74 Å². The van der Waals surface area contributed by atoms with E-state index in [9.17, 15) is 14.0 Å². The van der Waals surface area contributed by atoms with Crippen molar-refractivity contribution in [3.8, 4) is 22.4 Å². The number of hydrogen-bond donors (Lipinski definition) is 0. The molecule has 0 spiro atoms. The van der Waals surface area contributed by atoms with Crippen molar-refractivity contribution in [2.45, 2.75) is 39.8 Å². The zero-order valence-corrected chi connectivity index (χ0v) is 17.6. The molecule has 0 saturated carbocycles. The smallest absolute Gasteiger partial charge is 0.234 e. The zero-order valence-electron chi connectivity index (χ0n) is 17.6. The highest BCUT2D eigenvalue weighted by Crippen LogP contribution is 2.38. The fourth-order valence-electron chi connectivity index (χ4n) is 3.84. The lowest BCUT2D eigenvalue weighted by molar-refractivity contribution is -0.125. The van der Waals surface area contributed by atoms with E-state index in [2.05, 4.69) is 4.98 Å². The summed E-state index contributed by atoms with van der Waals surface area (Å²) in [5.41, 5.74) is 4.05. The van der Waals surface area contributed by atoms with Gasteiger partial charge in [0.05, 0.1) is 12.3 Å². The van der Waals surface area contributed by atoms with Crippen molar-refractivity contribution in [3.63, 3.8) is 0 Å². The summed E-state index contributed by atoms with van der Waals surface area (Å²) in [5.74, 6) is -0.779. The number of hydrogen-bond acceptors (Lipinski definition) is 5. The van der Waals surface area contributed by atoms with Gasteiger partial charge in [-0.2, -0.15) is 5.10 Å². The predicted octanol–water partition coefficient (Wildman–Crippen LogP) is 4.13. The Kier molecular flexibility index (Phi) is 5.65. The molecule has 3 aromatic rings. The molecule has 160 valence electrons. The van der Waals surface area contributed by atoms with Crippen molar-refractivity contribution in [3.05, 3.63) is 54.1 Å². The minimum atomic E-state index is -0.394. The number of pyridine rings is 1.